The predicted octanol–water partition coefficient (Wildman–Crippen LogP) is 0.372. The number of carboxylic acid groups (broad SMARTS) is 1. The van der Waals surface area contributed by atoms with Gasteiger partial charge in [-0.25, -0.2) is 9.18 Å². The lowest BCUT2D eigenvalue weighted by atomic mass is 10.1. The third-order valence-electron chi connectivity index (χ3n) is 4.33. The summed E-state index contributed by atoms with van der Waals surface area (Å²) >= 11 is 0. The number of terminal acetylenes is 1. The molecule has 1 aromatic rings. The fourth-order valence-corrected chi connectivity index (χ4v) is 3.34. The first-order valence-corrected chi connectivity index (χ1v) is 7.95. The van der Waals surface area contributed by atoms with Crippen LogP contribution in [0, 0.1) is 18.2 Å². The SMILES string of the molecule is C#CC=N/C(C)=c1/c(F)cn([C@@H]2O[C@H](C(=O)O)[C@H]3OC(C)(C)O[C@H]32)c1=C. The fraction of sp³-hybridized carbons (Fsp3) is 0.444. The molecule has 2 aliphatic rings. The molecule has 0 bridgehead atoms. The first-order valence-electron chi connectivity index (χ1n) is 7.95. The van der Waals surface area contributed by atoms with E-state index in [9.17, 15) is 14.3 Å². The monoisotopic (exact) mass is 362 g/mol. The van der Waals surface area contributed by atoms with Gasteiger partial charge in [-0.1, -0.05) is 12.5 Å². The Hall–Kier alpha value is -2.47. The van der Waals surface area contributed by atoms with Crippen molar-refractivity contribution in [3.63, 3.8) is 0 Å². The van der Waals surface area contributed by atoms with Crippen LogP contribution in [0.2, 0.25) is 0 Å². The molecule has 3 rings (SSSR count). The van der Waals surface area contributed by atoms with E-state index in [2.05, 4.69) is 17.5 Å². The van der Waals surface area contributed by atoms with Crippen molar-refractivity contribution in [1.82, 2.24) is 4.57 Å². The molecule has 0 unspecified atom stereocenters. The lowest BCUT2D eigenvalue weighted by molar-refractivity contribution is -0.202. The van der Waals surface area contributed by atoms with Gasteiger partial charge in [-0.05, 0) is 20.8 Å². The number of aliphatic carboxylic acids is 1. The molecule has 1 N–H and O–H groups in total. The first-order chi connectivity index (χ1) is 12.2. The van der Waals surface area contributed by atoms with Crippen molar-refractivity contribution >= 4 is 24.5 Å². The molecule has 0 aliphatic carbocycles. The van der Waals surface area contributed by atoms with Gasteiger partial charge in [0.2, 0.25) is 0 Å². The molecule has 2 aliphatic heterocycles. The van der Waals surface area contributed by atoms with Crippen LogP contribution in [-0.4, -0.2) is 46.0 Å². The van der Waals surface area contributed by atoms with Crippen LogP contribution in [0.25, 0.3) is 12.3 Å². The summed E-state index contributed by atoms with van der Waals surface area (Å²) in [6.45, 7) is 8.85. The Kier molecular flexibility index (Phi) is 4.48. The van der Waals surface area contributed by atoms with Crippen LogP contribution in [0.1, 0.15) is 27.0 Å². The average molecular weight is 362 g/mol. The Labute approximate surface area is 149 Å². The van der Waals surface area contributed by atoms with Gasteiger partial charge < -0.3 is 23.9 Å². The Balaban J connectivity index is 2.08. The minimum absolute atomic E-state index is 0.175. The number of fused-ring (bicyclic) bond motifs is 1. The molecule has 7 nitrogen and oxygen atoms in total. The van der Waals surface area contributed by atoms with Crippen LogP contribution >= 0.6 is 0 Å². The number of halogens is 1. The number of ether oxygens (including phenoxy) is 3. The maximum Gasteiger partial charge on any atom is 0.335 e. The molecule has 2 fully saturated rings. The minimum atomic E-state index is -1.23. The van der Waals surface area contributed by atoms with Crippen molar-refractivity contribution in [2.24, 2.45) is 4.99 Å². The molecule has 0 radical (unpaired) electrons. The van der Waals surface area contributed by atoms with E-state index in [0.717, 1.165) is 0 Å². The average Bonchev–Trinajstić information content (AvgIpc) is 3.13. The lowest BCUT2D eigenvalue weighted by Gasteiger charge is -2.23. The molecule has 0 spiro atoms. The third-order valence-corrected chi connectivity index (χ3v) is 4.33. The molecule has 26 heavy (non-hydrogen) atoms. The summed E-state index contributed by atoms with van der Waals surface area (Å²) in [5.41, 5.74) is 0.345. The van der Waals surface area contributed by atoms with E-state index in [4.69, 9.17) is 20.6 Å². The van der Waals surface area contributed by atoms with Crippen molar-refractivity contribution in [2.45, 2.75) is 51.1 Å². The van der Waals surface area contributed by atoms with Gasteiger partial charge in [-0.3, -0.25) is 4.99 Å². The van der Waals surface area contributed by atoms with E-state index in [-0.39, 0.29) is 10.6 Å². The molecular weight excluding hydrogens is 343 g/mol. The van der Waals surface area contributed by atoms with E-state index in [1.165, 1.54) is 17.0 Å². The van der Waals surface area contributed by atoms with Gasteiger partial charge in [-0.2, -0.15) is 0 Å². The third kappa shape index (κ3) is 2.94. The van der Waals surface area contributed by atoms with E-state index in [1.54, 1.807) is 20.8 Å². The highest BCUT2D eigenvalue weighted by Gasteiger charge is 2.58. The number of carboxylic acids is 1. The summed E-state index contributed by atoms with van der Waals surface area (Å²) < 4.78 is 33.0. The van der Waals surface area contributed by atoms with Gasteiger partial charge in [0.1, 0.15) is 12.2 Å². The highest BCUT2D eigenvalue weighted by atomic mass is 19.1. The van der Waals surface area contributed by atoms with Crippen LogP contribution < -0.4 is 10.6 Å². The summed E-state index contributed by atoms with van der Waals surface area (Å²) in [5.74, 6) is -0.482. The summed E-state index contributed by atoms with van der Waals surface area (Å²) in [5, 5.41) is 9.86. The van der Waals surface area contributed by atoms with E-state index >= 15 is 0 Å². The number of aromatic nitrogens is 1. The molecule has 138 valence electrons. The smallest absolute Gasteiger partial charge is 0.335 e. The molecule has 0 saturated carbocycles. The van der Waals surface area contributed by atoms with Crippen LogP contribution in [-0.2, 0) is 19.0 Å². The van der Waals surface area contributed by atoms with E-state index in [1.807, 2.05) is 0 Å². The maximum atomic E-state index is 14.5. The Bertz CT molecular complexity index is 927. The Morgan fingerprint density at radius 2 is 2.15 bits per heavy atom. The lowest BCUT2D eigenvalue weighted by Crippen LogP contribution is -2.36. The van der Waals surface area contributed by atoms with Crippen LogP contribution in [0.5, 0.6) is 0 Å². The van der Waals surface area contributed by atoms with Gasteiger partial charge in [-0.15, -0.1) is 6.42 Å². The van der Waals surface area contributed by atoms with Crippen molar-refractivity contribution in [3.05, 3.63) is 22.6 Å². The molecule has 2 saturated heterocycles. The summed E-state index contributed by atoms with van der Waals surface area (Å²) in [4.78, 5) is 15.5. The van der Waals surface area contributed by atoms with Crippen molar-refractivity contribution in [3.8, 4) is 12.3 Å². The first kappa shape index (κ1) is 18.3. The number of nitrogens with zero attached hydrogens (tertiary/aromatic N) is 2. The molecular formula is C18H19FN2O5. The Morgan fingerprint density at radius 3 is 2.77 bits per heavy atom. The zero-order valence-corrected chi connectivity index (χ0v) is 14.6. The van der Waals surface area contributed by atoms with Gasteiger partial charge in [0.25, 0.3) is 0 Å². The number of hydrogen-bond acceptors (Lipinski definition) is 5. The largest absolute Gasteiger partial charge is 0.479 e. The highest BCUT2D eigenvalue weighted by Crippen LogP contribution is 2.42. The fourth-order valence-electron chi connectivity index (χ4n) is 3.34. The topological polar surface area (TPSA) is 82.3 Å². The molecule has 0 amide bonds. The second-order valence-corrected chi connectivity index (χ2v) is 6.57. The van der Waals surface area contributed by atoms with Crippen molar-refractivity contribution in [2.75, 3.05) is 0 Å². The molecule has 3 heterocycles. The number of aliphatic imine (C=N–C) groups is 1. The van der Waals surface area contributed by atoms with Crippen LogP contribution in [0.15, 0.2) is 11.2 Å². The number of carbonyl (C=O) groups is 1. The number of hydrogen-bond donors (Lipinski definition) is 1. The minimum Gasteiger partial charge on any atom is -0.479 e. The predicted molar refractivity (Wildman–Crippen MR) is 90.9 cm³/mol. The normalized spacial score (nSPS) is 31.0. The van der Waals surface area contributed by atoms with Gasteiger partial charge >= 0.3 is 5.97 Å². The quantitative estimate of drug-likeness (QED) is 0.621. The van der Waals surface area contributed by atoms with Gasteiger partial charge in [0.15, 0.2) is 23.9 Å². The maximum absolute atomic E-state index is 14.5. The van der Waals surface area contributed by atoms with Crippen LogP contribution in [0.4, 0.5) is 4.39 Å². The van der Waals surface area contributed by atoms with Gasteiger partial charge in [0.05, 0.1) is 17.1 Å². The molecule has 8 heteroatoms. The molecule has 0 aromatic carbocycles. The van der Waals surface area contributed by atoms with Gasteiger partial charge in [0, 0.05) is 11.5 Å². The van der Waals surface area contributed by atoms with Crippen molar-refractivity contribution < 1.29 is 28.5 Å². The standard InChI is InChI=1S/C18H19FN2O5/c1-6-7-20-9(2)12-10(3)21(8-11(12)19)16-14-13(15(24-16)17(22)23)25-18(4,5)26-14/h1,7-8,13-16H,3H2,2,4-5H3,(H,22,23)/b12-9+,20-7?/t13-,14+,15-,16+/m0/s1. The molecule has 4 atom stereocenters. The van der Waals surface area contributed by atoms with E-state index < -0.39 is 42.1 Å². The summed E-state index contributed by atoms with van der Waals surface area (Å²) in [6.07, 6.45) is 3.86. The highest BCUT2D eigenvalue weighted by molar-refractivity contribution is 5.80. The second-order valence-electron chi connectivity index (χ2n) is 6.57. The summed E-state index contributed by atoms with van der Waals surface area (Å²) in [6, 6.07) is 0. The number of rotatable bonds is 3. The van der Waals surface area contributed by atoms with Crippen LogP contribution in [0.3, 0.4) is 0 Å². The summed E-state index contributed by atoms with van der Waals surface area (Å²) in [7, 11) is 0. The Morgan fingerprint density at radius 1 is 1.50 bits per heavy atom. The zero-order chi connectivity index (χ0) is 19.2. The molecule has 1 aromatic heterocycles. The zero-order valence-electron chi connectivity index (χ0n) is 14.6. The van der Waals surface area contributed by atoms with Crippen molar-refractivity contribution in [1.29, 1.82) is 0 Å². The van der Waals surface area contributed by atoms with E-state index in [0.29, 0.717) is 5.70 Å². The second kappa shape index (κ2) is 6.36.